The van der Waals surface area contributed by atoms with E-state index in [4.69, 9.17) is 5.73 Å². The summed E-state index contributed by atoms with van der Waals surface area (Å²) in [5, 5.41) is 18.7. The van der Waals surface area contributed by atoms with E-state index in [1.165, 1.54) is 11.3 Å². The van der Waals surface area contributed by atoms with Gasteiger partial charge >= 0.3 is 0 Å². The molecule has 0 spiro atoms. The molecule has 3 heterocycles. The highest BCUT2D eigenvalue weighted by Crippen LogP contribution is 2.42. The van der Waals surface area contributed by atoms with Gasteiger partial charge in [0.05, 0.1) is 13.0 Å². The molecule has 3 N–H and O–H groups in total. The summed E-state index contributed by atoms with van der Waals surface area (Å²) < 4.78 is 0. The third-order valence-corrected chi connectivity index (χ3v) is 6.49. The normalized spacial score (nSPS) is 23.7. The van der Waals surface area contributed by atoms with Crippen LogP contribution in [0.15, 0.2) is 36.4 Å². The van der Waals surface area contributed by atoms with E-state index in [2.05, 4.69) is 10.2 Å². The zero-order valence-electron chi connectivity index (χ0n) is 15.9. The van der Waals surface area contributed by atoms with Gasteiger partial charge in [-0.05, 0) is 11.6 Å². The number of fused-ring (bicyclic) bond motifs is 1. The summed E-state index contributed by atoms with van der Waals surface area (Å²) in [6, 6.07) is 9.65. The molecule has 9 heteroatoms. The number of hydrogen-bond donors (Lipinski definition) is 2. The number of carbonyl (C=O) groups is 2. The van der Waals surface area contributed by atoms with E-state index in [1.54, 1.807) is 22.0 Å². The topological polar surface area (TPSA) is 113 Å². The lowest BCUT2D eigenvalue weighted by Crippen LogP contribution is -2.40. The van der Waals surface area contributed by atoms with Gasteiger partial charge in [-0.15, -0.1) is 10.2 Å². The molecule has 1 aromatic carbocycles. The summed E-state index contributed by atoms with van der Waals surface area (Å²) in [5.41, 5.74) is 6.07. The number of rotatable bonds is 5. The second-order valence-electron chi connectivity index (χ2n) is 7.67. The van der Waals surface area contributed by atoms with Gasteiger partial charge in [0.1, 0.15) is 5.01 Å². The first-order chi connectivity index (χ1) is 14.0. The molecular weight excluding hydrogens is 390 g/mol. The molecule has 2 saturated heterocycles. The molecule has 2 atom stereocenters. The molecule has 2 aromatic rings. The van der Waals surface area contributed by atoms with Crippen LogP contribution >= 0.6 is 11.3 Å². The number of amides is 2. The van der Waals surface area contributed by atoms with Crippen molar-refractivity contribution < 1.29 is 14.7 Å². The van der Waals surface area contributed by atoms with Crippen LogP contribution in [0, 0.1) is 11.3 Å². The molecule has 152 valence electrons. The molecule has 2 fully saturated rings. The summed E-state index contributed by atoms with van der Waals surface area (Å²) in [4.78, 5) is 28.8. The van der Waals surface area contributed by atoms with Crippen LogP contribution in [0.2, 0.25) is 0 Å². The smallest absolute Gasteiger partial charge is 0.246 e. The monoisotopic (exact) mass is 413 g/mol. The van der Waals surface area contributed by atoms with Gasteiger partial charge in [0.25, 0.3) is 0 Å². The molecule has 2 amide bonds. The minimum Gasteiger partial charge on any atom is -0.396 e. The number of likely N-dealkylation sites (tertiary alicyclic amines) is 2. The Morgan fingerprint density at radius 1 is 1.21 bits per heavy atom. The number of nitrogen functional groups attached to an aromatic ring is 1. The molecule has 0 saturated carbocycles. The van der Waals surface area contributed by atoms with E-state index in [0.29, 0.717) is 36.3 Å². The molecule has 2 aliphatic heterocycles. The minimum atomic E-state index is -0.466. The second-order valence-corrected chi connectivity index (χ2v) is 8.76. The molecule has 0 radical (unpaired) electrons. The van der Waals surface area contributed by atoms with Crippen molar-refractivity contribution in [3.8, 4) is 0 Å². The first-order valence-electron chi connectivity index (χ1n) is 9.48. The van der Waals surface area contributed by atoms with Crippen molar-refractivity contribution in [1.29, 1.82) is 0 Å². The van der Waals surface area contributed by atoms with E-state index in [0.717, 1.165) is 5.56 Å². The third kappa shape index (κ3) is 4.01. The van der Waals surface area contributed by atoms with Crippen LogP contribution in [0.3, 0.4) is 0 Å². The first-order valence-corrected chi connectivity index (χ1v) is 10.3. The Morgan fingerprint density at radius 3 is 2.59 bits per heavy atom. The van der Waals surface area contributed by atoms with Crippen molar-refractivity contribution in [2.24, 2.45) is 11.3 Å². The van der Waals surface area contributed by atoms with Gasteiger partial charge in [0.15, 0.2) is 0 Å². The Balaban J connectivity index is 1.38. The molecular formula is C20H23N5O3S. The Kier molecular flexibility index (Phi) is 5.33. The van der Waals surface area contributed by atoms with Crippen molar-refractivity contribution in [2.45, 2.75) is 6.42 Å². The van der Waals surface area contributed by atoms with Crippen molar-refractivity contribution >= 4 is 34.4 Å². The lowest BCUT2D eigenvalue weighted by Gasteiger charge is -2.26. The van der Waals surface area contributed by atoms with Crippen molar-refractivity contribution in [1.82, 2.24) is 20.0 Å². The number of nitrogens with two attached hydrogens (primary N) is 1. The van der Waals surface area contributed by atoms with Gasteiger partial charge in [-0.25, -0.2) is 0 Å². The fraction of sp³-hybridized carbons (Fsp3) is 0.400. The predicted octanol–water partition coefficient (Wildman–Crippen LogP) is 0.655. The van der Waals surface area contributed by atoms with Gasteiger partial charge in [-0.3, -0.25) is 9.59 Å². The molecule has 0 aliphatic carbocycles. The average Bonchev–Trinajstić information content (AvgIpc) is 3.39. The molecule has 8 nitrogen and oxygen atoms in total. The van der Waals surface area contributed by atoms with Crippen molar-refractivity contribution in [3.05, 3.63) is 47.0 Å². The number of nitrogens with zero attached hydrogens (tertiary/aromatic N) is 4. The van der Waals surface area contributed by atoms with Gasteiger partial charge in [0.2, 0.25) is 16.9 Å². The average molecular weight is 414 g/mol. The molecule has 1 aromatic heterocycles. The standard InChI is InChI=1S/C20H23N5O3S/c21-19-23-22-16(29-19)8-18(28)25-10-15-9-24(11-20(15,12-25)13-26)17(27)7-6-14-4-2-1-3-5-14/h1-7,15,26H,8-13H2,(H2,21,23)/b7-6+/t15-,20+/m1/s1. The number of anilines is 1. The van der Waals surface area contributed by atoms with E-state index >= 15 is 0 Å². The largest absolute Gasteiger partial charge is 0.396 e. The summed E-state index contributed by atoms with van der Waals surface area (Å²) in [6.07, 6.45) is 3.53. The fourth-order valence-electron chi connectivity index (χ4n) is 4.18. The lowest BCUT2D eigenvalue weighted by molar-refractivity contribution is -0.130. The van der Waals surface area contributed by atoms with Gasteiger partial charge < -0.3 is 20.6 Å². The van der Waals surface area contributed by atoms with Crippen LogP contribution < -0.4 is 5.73 Å². The molecule has 29 heavy (non-hydrogen) atoms. The number of aromatic nitrogens is 2. The zero-order valence-corrected chi connectivity index (χ0v) is 16.7. The van der Waals surface area contributed by atoms with E-state index in [9.17, 15) is 14.7 Å². The lowest BCUT2D eigenvalue weighted by atomic mass is 9.82. The highest BCUT2D eigenvalue weighted by Gasteiger charge is 2.53. The minimum absolute atomic E-state index is 0.0507. The summed E-state index contributed by atoms with van der Waals surface area (Å²) in [6.45, 7) is 1.89. The molecule has 0 bridgehead atoms. The van der Waals surface area contributed by atoms with Crippen LogP contribution in [0.25, 0.3) is 6.08 Å². The maximum atomic E-state index is 12.6. The molecule has 2 aliphatic rings. The van der Waals surface area contributed by atoms with Crippen LogP contribution in [-0.4, -0.2) is 69.7 Å². The van der Waals surface area contributed by atoms with Crippen molar-refractivity contribution in [3.63, 3.8) is 0 Å². The van der Waals surface area contributed by atoms with Gasteiger partial charge in [0, 0.05) is 43.6 Å². The van der Waals surface area contributed by atoms with Crippen LogP contribution in [0.1, 0.15) is 10.6 Å². The quantitative estimate of drug-likeness (QED) is 0.696. The fourth-order valence-corrected chi connectivity index (χ4v) is 4.78. The number of aliphatic hydroxyl groups excluding tert-OH is 1. The number of aliphatic hydroxyl groups is 1. The van der Waals surface area contributed by atoms with E-state index < -0.39 is 5.41 Å². The number of hydrogen-bond acceptors (Lipinski definition) is 7. The van der Waals surface area contributed by atoms with Gasteiger partial charge in [-0.1, -0.05) is 41.7 Å². The highest BCUT2D eigenvalue weighted by molar-refractivity contribution is 7.15. The maximum absolute atomic E-state index is 12.6. The summed E-state index contributed by atoms with van der Waals surface area (Å²) in [5.74, 6) is -0.0615. The third-order valence-electron chi connectivity index (χ3n) is 5.74. The SMILES string of the molecule is Nc1nnc(CC(=O)N2C[C@H]3CN(C(=O)/C=C/c4ccccc4)C[C@@]3(CO)C2)s1. The Morgan fingerprint density at radius 2 is 1.93 bits per heavy atom. The highest BCUT2D eigenvalue weighted by atomic mass is 32.1. The van der Waals surface area contributed by atoms with Crippen molar-refractivity contribution in [2.75, 3.05) is 38.5 Å². The van der Waals surface area contributed by atoms with E-state index in [1.807, 2.05) is 30.3 Å². The zero-order chi connectivity index (χ0) is 20.4. The predicted molar refractivity (Wildman–Crippen MR) is 110 cm³/mol. The number of carbonyl (C=O) groups excluding carboxylic acids is 2. The van der Waals surface area contributed by atoms with Crippen LogP contribution in [-0.2, 0) is 16.0 Å². The van der Waals surface area contributed by atoms with Crippen LogP contribution in [0.5, 0.6) is 0 Å². The Hall–Kier alpha value is -2.78. The van der Waals surface area contributed by atoms with Crippen LogP contribution in [0.4, 0.5) is 5.13 Å². The number of benzene rings is 1. The molecule has 4 rings (SSSR count). The van der Waals surface area contributed by atoms with Gasteiger partial charge in [-0.2, -0.15) is 0 Å². The van der Waals surface area contributed by atoms with E-state index in [-0.39, 0.29) is 30.8 Å². The Bertz CT molecular complexity index is 931. The second kappa shape index (κ2) is 7.92. The summed E-state index contributed by atoms with van der Waals surface area (Å²) in [7, 11) is 0. The molecule has 0 unspecified atom stereocenters. The first kappa shape index (κ1) is 19.5. The maximum Gasteiger partial charge on any atom is 0.246 e. The summed E-state index contributed by atoms with van der Waals surface area (Å²) >= 11 is 1.21. The Labute approximate surface area is 172 Å².